The SMILES string of the molecule is CCCCCC1CCC(C(=O)OC2CCC(CCC)CC2)CC1. The fourth-order valence-electron chi connectivity index (χ4n) is 4.58. The fraction of sp³-hybridized carbons (Fsp3) is 0.952. The highest BCUT2D eigenvalue weighted by Gasteiger charge is 2.30. The number of hydrogen-bond acceptors (Lipinski definition) is 2. The van der Waals surface area contributed by atoms with Gasteiger partial charge in [-0.1, -0.05) is 52.4 Å². The number of carbonyl (C=O) groups is 1. The molecule has 2 aliphatic rings. The summed E-state index contributed by atoms with van der Waals surface area (Å²) >= 11 is 0. The van der Waals surface area contributed by atoms with E-state index in [2.05, 4.69) is 13.8 Å². The van der Waals surface area contributed by atoms with Crippen LogP contribution in [-0.2, 0) is 9.53 Å². The summed E-state index contributed by atoms with van der Waals surface area (Å²) in [5, 5.41) is 0. The molecule has 2 heteroatoms. The average Bonchev–Trinajstić information content (AvgIpc) is 2.58. The molecule has 0 spiro atoms. The number of rotatable bonds is 8. The molecule has 23 heavy (non-hydrogen) atoms. The van der Waals surface area contributed by atoms with Gasteiger partial charge >= 0.3 is 5.97 Å². The second-order valence-corrected chi connectivity index (χ2v) is 8.08. The van der Waals surface area contributed by atoms with Crippen LogP contribution >= 0.6 is 0 Å². The lowest BCUT2D eigenvalue weighted by Crippen LogP contribution is -2.30. The van der Waals surface area contributed by atoms with Crippen LogP contribution in [0.1, 0.15) is 104 Å². The van der Waals surface area contributed by atoms with Crippen molar-refractivity contribution in [1.29, 1.82) is 0 Å². The molecule has 0 aromatic heterocycles. The summed E-state index contributed by atoms with van der Waals surface area (Å²) in [6.45, 7) is 4.54. The molecule has 0 radical (unpaired) electrons. The summed E-state index contributed by atoms with van der Waals surface area (Å²) in [5.41, 5.74) is 0. The second kappa shape index (κ2) is 10.4. The van der Waals surface area contributed by atoms with Gasteiger partial charge in [0.2, 0.25) is 0 Å². The normalized spacial score (nSPS) is 31.7. The largest absolute Gasteiger partial charge is 0.462 e. The monoisotopic (exact) mass is 322 g/mol. The van der Waals surface area contributed by atoms with E-state index in [0.29, 0.717) is 0 Å². The Hall–Kier alpha value is -0.530. The Morgan fingerprint density at radius 3 is 2.00 bits per heavy atom. The van der Waals surface area contributed by atoms with Crippen molar-refractivity contribution >= 4 is 5.97 Å². The van der Waals surface area contributed by atoms with Gasteiger partial charge in [-0.3, -0.25) is 4.79 Å². The molecule has 0 bridgehead atoms. The minimum Gasteiger partial charge on any atom is -0.462 e. The maximum Gasteiger partial charge on any atom is 0.309 e. The minimum atomic E-state index is 0.121. The van der Waals surface area contributed by atoms with Gasteiger partial charge in [-0.25, -0.2) is 0 Å². The zero-order valence-electron chi connectivity index (χ0n) is 15.5. The number of ether oxygens (including phenoxy) is 1. The quantitative estimate of drug-likeness (QED) is 0.388. The lowest BCUT2D eigenvalue weighted by Gasteiger charge is -2.31. The summed E-state index contributed by atoms with van der Waals surface area (Å²) < 4.78 is 5.85. The van der Waals surface area contributed by atoms with E-state index in [-0.39, 0.29) is 18.0 Å². The summed E-state index contributed by atoms with van der Waals surface area (Å²) in [4.78, 5) is 12.4. The highest BCUT2D eigenvalue weighted by Crippen LogP contribution is 2.34. The van der Waals surface area contributed by atoms with E-state index < -0.39 is 0 Å². The summed E-state index contributed by atoms with van der Waals surface area (Å²) in [6.07, 6.45) is 17.6. The van der Waals surface area contributed by atoms with E-state index in [1.807, 2.05) is 0 Å². The Morgan fingerprint density at radius 1 is 0.783 bits per heavy atom. The predicted molar refractivity (Wildman–Crippen MR) is 96.3 cm³/mol. The van der Waals surface area contributed by atoms with Crippen LogP contribution < -0.4 is 0 Å². The second-order valence-electron chi connectivity index (χ2n) is 8.08. The van der Waals surface area contributed by atoms with Gasteiger partial charge in [-0.05, 0) is 63.2 Å². The van der Waals surface area contributed by atoms with Crippen molar-refractivity contribution in [3.63, 3.8) is 0 Å². The topological polar surface area (TPSA) is 26.3 Å². The van der Waals surface area contributed by atoms with E-state index >= 15 is 0 Å². The van der Waals surface area contributed by atoms with Crippen molar-refractivity contribution < 1.29 is 9.53 Å². The number of carbonyl (C=O) groups excluding carboxylic acids is 1. The Labute approximate surface area is 143 Å². The molecule has 0 aromatic carbocycles. The molecule has 0 heterocycles. The van der Waals surface area contributed by atoms with Gasteiger partial charge < -0.3 is 4.74 Å². The molecule has 2 nitrogen and oxygen atoms in total. The highest BCUT2D eigenvalue weighted by molar-refractivity contribution is 5.72. The van der Waals surface area contributed by atoms with E-state index in [1.54, 1.807) is 0 Å². The molecule has 0 amide bonds. The summed E-state index contributed by atoms with van der Waals surface area (Å²) in [6, 6.07) is 0. The lowest BCUT2D eigenvalue weighted by molar-refractivity contribution is -0.157. The molecule has 0 aromatic rings. The number of hydrogen-bond donors (Lipinski definition) is 0. The first-order valence-electron chi connectivity index (χ1n) is 10.4. The number of unbranched alkanes of at least 4 members (excludes halogenated alkanes) is 2. The van der Waals surface area contributed by atoms with Gasteiger partial charge in [-0.2, -0.15) is 0 Å². The Kier molecular flexibility index (Phi) is 8.47. The van der Waals surface area contributed by atoms with Crippen LogP contribution in [0.2, 0.25) is 0 Å². The van der Waals surface area contributed by atoms with Crippen molar-refractivity contribution in [2.24, 2.45) is 17.8 Å². The third-order valence-corrected chi connectivity index (χ3v) is 6.17. The van der Waals surface area contributed by atoms with Gasteiger partial charge in [0, 0.05) is 0 Å². The van der Waals surface area contributed by atoms with Gasteiger partial charge in [-0.15, -0.1) is 0 Å². The van der Waals surface area contributed by atoms with Gasteiger partial charge in [0.1, 0.15) is 6.10 Å². The van der Waals surface area contributed by atoms with Gasteiger partial charge in [0.15, 0.2) is 0 Å². The molecular weight excluding hydrogens is 284 g/mol. The van der Waals surface area contributed by atoms with E-state index in [4.69, 9.17) is 4.74 Å². The zero-order chi connectivity index (χ0) is 16.5. The average molecular weight is 323 g/mol. The first kappa shape index (κ1) is 18.8. The maximum atomic E-state index is 12.4. The zero-order valence-corrected chi connectivity index (χ0v) is 15.5. The molecular formula is C21H38O2. The Morgan fingerprint density at radius 2 is 1.39 bits per heavy atom. The van der Waals surface area contributed by atoms with E-state index in [1.165, 1.54) is 64.2 Å². The van der Waals surface area contributed by atoms with E-state index in [0.717, 1.165) is 37.5 Å². The van der Waals surface area contributed by atoms with Gasteiger partial charge in [0.25, 0.3) is 0 Å². The molecule has 2 fully saturated rings. The molecule has 134 valence electrons. The van der Waals surface area contributed by atoms with Crippen LogP contribution in [0.5, 0.6) is 0 Å². The fourth-order valence-corrected chi connectivity index (χ4v) is 4.58. The summed E-state index contributed by atoms with van der Waals surface area (Å²) in [5.74, 6) is 2.07. The standard InChI is InChI=1S/C21H38O2/c1-3-5-6-8-18-9-13-19(14-10-18)21(22)23-20-15-11-17(7-4-2)12-16-20/h17-20H,3-16H2,1-2H3. The number of esters is 1. The van der Waals surface area contributed by atoms with Crippen molar-refractivity contribution in [2.45, 2.75) is 110 Å². The molecule has 2 rings (SSSR count). The van der Waals surface area contributed by atoms with Crippen molar-refractivity contribution in [3.8, 4) is 0 Å². The predicted octanol–water partition coefficient (Wildman–Crippen LogP) is 6.28. The van der Waals surface area contributed by atoms with Crippen LogP contribution in [-0.4, -0.2) is 12.1 Å². The van der Waals surface area contributed by atoms with Crippen molar-refractivity contribution in [2.75, 3.05) is 0 Å². The molecule has 0 saturated heterocycles. The Bertz CT molecular complexity index is 323. The molecule has 0 aliphatic heterocycles. The summed E-state index contributed by atoms with van der Waals surface area (Å²) in [7, 11) is 0. The lowest BCUT2D eigenvalue weighted by atomic mass is 9.79. The van der Waals surface area contributed by atoms with Crippen LogP contribution in [0, 0.1) is 17.8 Å². The highest BCUT2D eigenvalue weighted by atomic mass is 16.5. The van der Waals surface area contributed by atoms with Gasteiger partial charge in [0.05, 0.1) is 5.92 Å². The molecule has 0 N–H and O–H groups in total. The minimum absolute atomic E-state index is 0.121. The molecule has 2 saturated carbocycles. The molecule has 0 unspecified atom stereocenters. The third-order valence-electron chi connectivity index (χ3n) is 6.17. The van der Waals surface area contributed by atoms with E-state index in [9.17, 15) is 4.79 Å². The van der Waals surface area contributed by atoms with Crippen LogP contribution in [0.15, 0.2) is 0 Å². The van der Waals surface area contributed by atoms with Crippen LogP contribution in [0.3, 0.4) is 0 Å². The van der Waals surface area contributed by atoms with Crippen molar-refractivity contribution in [1.82, 2.24) is 0 Å². The van der Waals surface area contributed by atoms with Crippen molar-refractivity contribution in [3.05, 3.63) is 0 Å². The molecule has 0 atom stereocenters. The third kappa shape index (κ3) is 6.47. The first-order chi connectivity index (χ1) is 11.2. The first-order valence-corrected chi connectivity index (χ1v) is 10.4. The Balaban J connectivity index is 1.62. The van der Waals surface area contributed by atoms with Crippen LogP contribution in [0.25, 0.3) is 0 Å². The van der Waals surface area contributed by atoms with Crippen LogP contribution in [0.4, 0.5) is 0 Å². The molecule has 2 aliphatic carbocycles. The smallest absolute Gasteiger partial charge is 0.309 e. The maximum absolute atomic E-state index is 12.4.